The van der Waals surface area contributed by atoms with Crippen molar-refractivity contribution in [2.75, 3.05) is 13.7 Å². The smallest absolute Gasteiger partial charge is 0.126 e. The van der Waals surface area contributed by atoms with Crippen LogP contribution < -0.4 is 10.1 Å². The second-order valence-corrected chi connectivity index (χ2v) is 5.11. The Morgan fingerprint density at radius 2 is 1.95 bits per heavy atom. The molecule has 0 heterocycles. The first-order valence-electron chi connectivity index (χ1n) is 7.30. The maximum atomic E-state index is 13.8. The van der Waals surface area contributed by atoms with Gasteiger partial charge in [0.15, 0.2) is 0 Å². The van der Waals surface area contributed by atoms with Crippen molar-refractivity contribution in [1.82, 2.24) is 5.32 Å². The lowest BCUT2D eigenvalue weighted by molar-refractivity contribution is 0.414. The van der Waals surface area contributed by atoms with Crippen LogP contribution in [0.2, 0.25) is 0 Å². The maximum Gasteiger partial charge on any atom is 0.126 e. The van der Waals surface area contributed by atoms with Crippen molar-refractivity contribution in [3.63, 3.8) is 0 Å². The Hall–Kier alpha value is -1.87. The highest BCUT2D eigenvalue weighted by Gasteiger charge is 2.11. The van der Waals surface area contributed by atoms with E-state index >= 15 is 0 Å². The van der Waals surface area contributed by atoms with Crippen LogP contribution in [0.4, 0.5) is 4.39 Å². The van der Waals surface area contributed by atoms with Crippen LogP contribution in [-0.2, 0) is 6.54 Å². The van der Waals surface area contributed by atoms with Crippen LogP contribution in [0.3, 0.4) is 0 Å². The molecule has 0 aliphatic heterocycles. The molecule has 0 aliphatic rings. The number of nitrogens with one attached hydrogen (secondary N) is 1. The average molecular weight is 287 g/mol. The van der Waals surface area contributed by atoms with Gasteiger partial charge in [-0.25, -0.2) is 4.39 Å². The summed E-state index contributed by atoms with van der Waals surface area (Å²) in [4.78, 5) is 0. The van der Waals surface area contributed by atoms with Gasteiger partial charge in [0, 0.05) is 6.54 Å². The number of hydrogen-bond donors (Lipinski definition) is 1. The fourth-order valence-electron chi connectivity index (χ4n) is 2.41. The fourth-order valence-corrected chi connectivity index (χ4v) is 2.41. The number of methoxy groups -OCH3 is 1. The van der Waals surface area contributed by atoms with Crippen molar-refractivity contribution < 1.29 is 9.13 Å². The van der Waals surface area contributed by atoms with Crippen LogP contribution in [0.1, 0.15) is 24.5 Å². The lowest BCUT2D eigenvalue weighted by Crippen LogP contribution is -2.14. The van der Waals surface area contributed by atoms with Gasteiger partial charge in [0.1, 0.15) is 11.6 Å². The highest BCUT2D eigenvalue weighted by atomic mass is 19.1. The Bertz CT molecular complexity index is 610. The van der Waals surface area contributed by atoms with Crippen molar-refractivity contribution in [2.24, 2.45) is 0 Å². The van der Waals surface area contributed by atoms with Crippen LogP contribution in [0.15, 0.2) is 36.4 Å². The van der Waals surface area contributed by atoms with E-state index in [4.69, 9.17) is 4.74 Å². The van der Waals surface area contributed by atoms with Crippen molar-refractivity contribution in [1.29, 1.82) is 0 Å². The molecule has 2 aromatic carbocycles. The van der Waals surface area contributed by atoms with E-state index in [1.54, 1.807) is 13.2 Å². The molecule has 0 saturated heterocycles. The third-order valence-electron chi connectivity index (χ3n) is 3.61. The van der Waals surface area contributed by atoms with Gasteiger partial charge in [0.25, 0.3) is 0 Å². The summed E-state index contributed by atoms with van der Waals surface area (Å²) in [5.74, 6) is 0.650. The molecular weight excluding hydrogens is 265 g/mol. The van der Waals surface area contributed by atoms with E-state index < -0.39 is 0 Å². The van der Waals surface area contributed by atoms with Crippen molar-refractivity contribution in [2.45, 2.75) is 26.8 Å². The third-order valence-corrected chi connectivity index (χ3v) is 3.61. The molecule has 2 rings (SSSR count). The second kappa shape index (κ2) is 7.23. The molecule has 3 heteroatoms. The molecule has 0 aromatic heterocycles. The van der Waals surface area contributed by atoms with E-state index in [2.05, 4.69) is 12.2 Å². The summed E-state index contributed by atoms with van der Waals surface area (Å²) >= 11 is 0. The van der Waals surface area contributed by atoms with Gasteiger partial charge in [0.05, 0.1) is 7.11 Å². The summed E-state index contributed by atoms with van der Waals surface area (Å²) < 4.78 is 19.1. The minimum Gasteiger partial charge on any atom is -0.497 e. The van der Waals surface area contributed by atoms with E-state index in [-0.39, 0.29) is 5.82 Å². The van der Waals surface area contributed by atoms with Gasteiger partial charge in [-0.05, 0) is 60.3 Å². The van der Waals surface area contributed by atoms with Gasteiger partial charge in [-0.2, -0.15) is 0 Å². The topological polar surface area (TPSA) is 21.3 Å². The van der Waals surface area contributed by atoms with Crippen LogP contribution >= 0.6 is 0 Å². The zero-order valence-electron chi connectivity index (χ0n) is 12.9. The Kier molecular flexibility index (Phi) is 5.34. The SMILES string of the molecule is CCCNCc1cc(OC)ccc1-c1cccc(F)c1C. The number of hydrogen-bond acceptors (Lipinski definition) is 2. The van der Waals surface area contributed by atoms with E-state index in [1.165, 1.54) is 6.07 Å². The molecule has 0 radical (unpaired) electrons. The van der Waals surface area contributed by atoms with Gasteiger partial charge in [0.2, 0.25) is 0 Å². The minimum absolute atomic E-state index is 0.171. The Labute approximate surface area is 126 Å². The summed E-state index contributed by atoms with van der Waals surface area (Å²) in [6.45, 7) is 5.66. The Morgan fingerprint density at radius 3 is 2.67 bits per heavy atom. The molecule has 21 heavy (non-hydrogen) atoms. The standard InChI is InChI=1S/C18H22FNO/c1-4-10-20-12-14-11-15(21-3)8-9-17(14)16-6-5-7-18(19)13(16)2/h5-9,11,20H,4,10,12H2,1-3H3. The fraction of sp³-hybridized carbons (Fsp3) is 0.333. The van der Waals surface area contributed by atoms with Crippen LogP contribution in [0.5, 0.6) is 5.75 Å². The largest absolute Gasteiger partial charge is 0.497 e. The number of rotatable bonds is 6. The number of halogens is 1. The zero-order chi connectivity index (χ0) is 15.2. The quantitative estimate of drug-likeness (QED) is 0.799. The molecule has 0 spiro atoms. The molecule has 112 valence electrons. The lowest BCUT2D eigenvalue weighted by Gasteiger charge is -2.14. The van der Waals surface area contributed by atoms with E-state index in [0.717, 1.165) is 42.0 Å². The van der Waals surface area contributed by atoms with Crippen molar-refractivity contribution in [3.8, 4) is 16.9 Å². The first kappa shape index (κ1) is 15.5. The third kappa shape index (κ3) is 3.61. The summed E-state index contributed by atoms with van der Waals surface area (Å²) in [7, 11) is 1.66. The lowest BCUT2D eigenvalue weighted by atomic mass is 9.95. The van der Waals surface area contributed by atoms with Gasteiger partial charge in [-0.15, -0.1) is 0 Å². The molecule has 0 atom stereocenters. The van der Waals surface area contributed by atoms with Gasteiger partial charge < -0.3 is 10.1 Å². The molecule has 0 aliphatic carbocycles. The predicted octanol–water partition coefficient (Wildman–Crippen LogP) is 4.31. The molecule has 2 nitrogen and oxygen atoms in total. The van der Waals surface area contributed by atoms with Crippen LogP contribution in [0.25, 0.3) is 11.1 Å². The Morgan fingerprint density at radius 1 is 1.14 bits per heavy atom. The molecule has 1 N–H and O–H groups in total. The maximum absolute atomic E-state index is 13.8. The average Bonchev–Trinajstić information content (AvgIpc) is 2.50. The Balaban J connectivity index is 2.43. The summed E-state index contributed by atoms with van der Waals surface area (Å²) in [6, 6.07) is 11.2. The highest BCUT2D eigenvalue weighted by Crippen LogP contribution is 2.30. The molecule has 0 unspecified atom stereocenters. The number of ether oxygens (including phenoxy) is 1. The summed E-state index contributed by atoms with van der Waals surface area (Å²) in [5, 5.41) is 3.40. The second-order valence-electron chi connectivity index (χ2n) is 5.11. The van der Waals surface area contributed by atoms with Crippen LogP contribution in [0, 0.1) is 12.7 Å². The summed E-state index contributed by atoms with van der Waals surface area (Å²) in [6.07, 6.45) is 1.08. The predicted molar refractivity (Wildman–Crippen MR) is 85.1 cm³/mol. The van der Waals surface area contributed by atoms with Gasteiger partial charge in [-0.3, -0.25) is 0 Å². The van der Waals surface area contributed by atoms with E-state index in [0.29, 0.717) is 5.56 Å². The zero-order valence-corrected chi connectivity index (χ0v) is 12.9. The number of benzene rings is 2. The first-order chi connectivity index (χ1) is 10.2. The monoisotopic (exact) mass is 287 g/mol. The molecule has 0 amide bonds. The normalized spacial score (nSPS) is 10.7. The molecule has 0 saturated carbocycles. The van der Waals surface area contributed by atoms with Crippen LogP contribution in [-0.4, -0.2) is 13.7 Å². The first-order valence-corrected chi connectivity index (χ1v) is 7.30. The van der Waals surface area contributed by atoms with E-state index in [9.17, 15) is 4.39 Å². The van der Waals surface area contributed by atoms with Gasteiger partial charge >= 0.3 is 0 Å². The van der Waals surface area contributed by atoms with Gasteiger partial charge in [-0.1, -0.05) is 25.1 Å². The van der Waals surface area contributed by atoms with E-state index in [1.807, 2.05) is 31.2 Å². The molecule has 2 aromatic rings. The molecule has 0 fully saturated rings. The highest BCUT2D eigenvalue weighted by molar-refractivity contribution is 5.71. The minimum atomic E-state index is -0.171. The van der Waals surface area contributed by atoms with Crippen molar-refractivity contribution >= 4 is 0 Å². The molecular formula is C18H22FNO. The van der Waals surface area contributed by atoms with Crippen molar-refractivity contribution in [3.05, 3.63) is 53.3 Å². The molecule has 0 bridgehead atoms. The summed E-state index contributed by atoms with van der Waals surface area (Å²) in [5.41, 5.74) is 3.79.